The van der Waals surface area contributed by atoms with Crippen LogP contribution in [-0.2, 0) is 11.8 Å². The van der Waals surface area contributed by atoms with E-state index in [0.29, 0.717) is 18.2 Å². The number of ether oxygens (including phenoxy) is 1. The smallest absolute Gasteiger partial charge is 0.165 e. The number of aliphatic hydroxyl groups is 1. The molecule has 1 saturated heterocycles. The number of aliphatic imine (C=N–C) groups is 1. The van der Waals surface area contributed by atoms with Gasteiger partial charge in [-0.2, -0.15) is 0 Å². The molecule has 4 heterocycles. The zero-order chi connectivity index (χ0) is 17.3. The molecule has 4 bridgehead atoms. The minimum atomic E-state index is -1.01. The number of likely N-dealkylation sites (tertiary alicyclic amines) is 1. The second kappa shape index (κ2) is 4.12. The quantitative estimate of drug-likeness (QED) is 0.852. The first-order valence-corrected chi connectivity index (χ1v) is 10.1. The minimum absolute atomic E-state index is 0.207. The van der Waals surface area contributed by atoms with Crippen LogP contribution in [0.3, 0.4) is 0 Å². The van der Waals surface area contributed by atoms with E-state index in [1.807, 2.05) is 0 Å². The summed E-state index contributed by atoms with van der Waals surface area (Å²) in [7, 11) is 0. The van der Waals surface area contributed by atoms with Crippen molar-refractivity contribution < 1.29 is 14.9 Å². The van der Waals surface area contributed by atoms with Crippen LogP contribution in [0.15, 0.2) is 17.1 Å². The van der Waals surface area contributed by atoms with Gasteiger partial charge < -0.3 is 14.9 Å². The highest BCUT2D eigenvalue weighted by molar-refractivity contribution is 5.79. The van der Waals surface area contributed by atoms with Crippen molar-refractivity contribution in [1.82, 2.24) is 4.90 Å². The first kappa shape index (κ1) is 14.5. The van der Waals surface area contributed by atoms with E-state index in [0.717, 1.165) is 31.7 Å². The van der Waals surface area contributed by atoms with Gasteiger partial charge in [0.1, 0.15) is 11.7 Å². The summed E-state index contributed by atoms with van der Waals surface area (Å²) in [4.78, 5) is 7.81. The van der Waals surface area contributed by atoms with Gasteiger partial charge in [-0.1, -0.05) is 6.07 Å². The fraction of sp³-hybridized carbons (Fsp3) is 0.667. The van der Waals surface area contributed by atoms with Crippen LogP contribution in [0.5, 0.6) is 11.5 Å². The molecule has 1 aromatic rings. The van der Waals surface area contributed by atoms with Crippen molar-refractivity contribution in [3.63, 3.8) is 0 Å². The van der Waals surface area contributed by atoms with E-state index in [2.05, 4.69) is 11.0 Å². The van der Waals surface area contributed by atoms with Crippen LogP contribution >= 0.6 is 0 Å². The normalized spacial score (nSPS) is 47.0. The molecule has 3 fully saturated rings. The van der Waals surface area contributed by atoms with Gasteiger partial charge in [0.15, 0.2) is 11.5 Å². The second-order valence-electron chi connectivity index (χ2n) is 9.50. The van der Waals surface area contributed by atoms with Gasteiger partial charge in [-0.15, -0.1) is 0 Å². The molecule has 5 nitrogen and oxygen atoms in total. The molecule has 7 aliphatic rings. The number of rotatable bonds is 2. The van der Waals surface area contributed by atoms with Crippen molar-refractivity contribution >= 4 is 6.21 Å². The number of benzene rings is 1. The first-order valence-electron chi connectivity index (χ1n) is 10.1. The summed E-state index contributed by atoms with van der Waals surface area (Å²) < 4.78 is 6.36. The molecule has 2 saturated carbocycles. The van der Waals surface area contributed by atoms with Crippen molar-refractivity contribution in [2.45, 2.75) is 67.2 Å². The van der Waals surface area contributed by atoms with Gasteiger partial charge in [-0.3, -0.25) is 9.89 Å². The third kappa shape index (κ3) is 1.34. The Morgan fingerprint density at radius 2 is 2.12 bits per heavy atom. The fourth-order valence-electron chi connectivity index (χ4n) is 7.15. The zero-order valence-electron chi connectivity index (χ0n) is 14.8. The number of piperidine rings is 1. The lowest BCUT2D eigenvalue weighted by Gasteiger charge is -2.68. The van der Waals surface area contributed by atoms with Gasteiger partial charge in [-0.05, 0) is 62.6 Å². The van der Waals surface area contributed by atoms with Gasteiger partial charge >= 0.3 is 0 Å². The van der Waals surface area contributed by atoms with E-state index >= 15 is 0 Å². The molecule has 26 heavy (non-hydrogen) atoms. The number of fused-ring (bicyclic) bond motifs is 1. The summed E-state index contributed by atoms with van der Waals surface area (Å²) in [6.07, 6.45) is 7.78. The minimum Gasteiger partial charge on any atom is -0.504 e. The molecule has 2 spiro atoms. The standard InChI is InChI=1S/C21H24N2O3/c24-14-4-3-13-9-15-21-6-5-19(25,11-22-21)18-20(21,16(13)17(14)26-18)7-8-23(15)10-12-1-2-12/h3-4,11-12,15,18,24-25H,1-2,5-10H2/t15?,18?,19-,20?,21-/m1/s1. The van der Waals surface area contributed by atoms with Crippen LogP contribution in [0, 0.1) is 5.92 Å². The summed E-state index contributed by atoms with van der Waals surface area (Å²) in [5.74, 6) is 1.70. The van der Waals surface area contributed by atoms with Crippen molar-refractivity contribution in [1.29, 1.82) is 0 Å². The Balaban J connectivity index is 1.51. The van der Waals surface area contributed by atoms with Crippen molar-refractivity contribution in [3.05, 3.63) is 23.3 Å². The molecular formula is C21H24N2O3. The van der Waals surface area contributed by atoms with Crippen LogP contribution in [-0.4, -0.2) is 57.7 Å². The van der Waals surface area contributed by atoms with Gasteiger partial charge in [0, 0.05) is 24.4 Å². The Labute approximate surface area is 152 Å². The molecule has 1 aromatic carbocycles. The highest BCUT2D eigenvalue weighted by Gasteiger charge is 2.78. The second-order valence-corrected chi connectivity index (χ2v) is 9.50. The number of aromatic hydroxyl groups is 1. The summed E-state index contributed by atoms with van der Waals surface area (Å²) in [5.41, 5.74) is 0.968. The van der Waals surface area contributed by atoms with E-state index in [1.54, 1.807) is 12.3 Å². The topological polar surface area (TPSA) is 65.3 Å². The Morgan fingerprint density at radius 3 is 2.88 bits per heavy atom. The predicted octanol–water partition coefficient (Wildman–Crippen LogP) is 1.78. The molecule has 8 rings (SSSR count). The lowest BCUT2D eigenvalue weighted by molar-refractivity contribution is -0.149. The van der Waals surface area contributed by atoms with Gasteiger partial charge in [0.25, 0.3) is 0 Å². The van der Waals surface area contributed by atoms with E-state index < -0.39 is 5.60 Å². The number of phenols is 1. The predicted molar refractivity (Wildman–Crippen MR) is 96.0 cm³/mol. The molecule has 3 unspecified atom stereocenters. The lowest BCUT2D eigenvalue weighted by Crippen LogP contribution is -2.81. The molecule has 0 radical (unpaired) electrons. The van der Waals surface area contributed by atoms with E-state index in [4.69, 9.17) is 9.73 Å². The maximum atomic E-state index is 11.3. The Bertz CT molecular complexity index is 880. The maximum absolute atomic E-state index is 11.3. The lowest BCUT2D eigenvalue weighted by atomic mass is 9.44. The molecule has 0 aromatic heterocycles. The van der Waals surface area contributed by atoms with Crippen molar-refractivity contribution in [2.24, 2.45) is 10.9 Å². The van der Waals surface area contributed by atoms with E-state index in [9.17, 15) is 10.2 Å². The molecule has 136 valence electrons. The molecule has 0 amide bonds. The van der Waals surface area contributed by atoms with Gasteiger partial charge in [0.05, 0.1) is 11.0 Å². The van der Waals surface area contributed by atoms with Gasteiger partial charge in [0.2, 0.25) is 0 Å². The van der Waals surface area contributed by atoms with Crippen LogP contribution in [0.2, 0.25) is 0 Å². The average molecular weight is 352 g/mol. The summed E-state index contributed by atoms with van der Waals surface area (Å²) in [5, 5.41) is 21.8. The van der Waals surface area contributed by atoms with Crippen molar-refractivity contribution in [3.8, 4) is 11.5 Å². The summed E-state index contributed by atoms with van der Waals surface area (Å²) in [6.45, 7) is 2.23. The first-order chi connectivity index (χ1) is 12.6. The number of nitrogens with zero attached hydrogens (tertiary/aromatic N) is 2. The Morgan fingerprint density at radius 1 is 1.23 bits per heavy atom. The average Bonchev–Trinajstić information content (AvgIpc) is 3.37. The number of hydrogen-bond acceptors (Lipinski definition) is 5. The molecule has 5 heteroatoms. The summed E-state index contributed by atoms with van der Waals surface area (Å²) in [6, 6.07) is 4.23. The van der Waals surface area contributed by atoms with Crippen LogP contribution in [0.1, 0.15) is 43.2 Å². The van der Waals surface area contributed by atoms with Crippen LogP contribution in [0.4, 0.5) is 0 Å². The van der Waals surface area contributed by atoms with Gasteiger partial charge in [-0.25, -0.2) is 0 Å². The zero-order valence-corrected chi connectivity index (χ0v) is 14.8. The molecule has 5 atom stereocenters. The SMILES string of the molecule is Oc1ccc2c3c1OC1C34CCN(CC3CC3)C(C2)[C@]42CC[C@@]1(O)C=N2. The molecule has 4 aliphatic heterocycles. The van der Waals surface area contributed by atoms with Crippen LogP contribution in [0.25, 0.3) is 0 Å². The molecular weight excluding hydrogens is 328 g/mol. The Hall–Kier alpha value is -1.59. The number of phenolic OH excluding ortho intramolecular Hbond substituents is 1. The van der Waals surface area contributed by atoms with Crippen molar-refractivity contribution in [2.75, 3.05) is 13.1 Å². The highest BCUT2D eigenvalue weighted by atomic mass is 16.5. The summed E-state index contributed by atoms with van der Waals surface area (Å²) >= 11 is 0. The third-order valence-electron chi connectivity index (χ3n) is 8.39. The molecule has 2 N–H and O–H groups in total. The monoisotopic (exact) mass is 352 g/mol. The molecule has 3 aliphatic carbocycles. The maximum Gasteiger partial charge on any atom is 0.165 e. The van der Waals surface area contributed by atoms with Crippen LogP contribution < -0.4 is 4.74 Å². The highest BCUT2D eigenvalue weighted by Crippen LogP contribution is 2.69. The number of hydrogen-bond donors (Lipinski definition) is 2. The van der Waals surface area contributed by atoms with E-state index in [-0.39, 0.29) is 22.8 Å². The van der Waals surface area contributed by atoms with E-state index in [1.165, 1.54) is 30.5 Å². The largest absolute Gasteiger partial charge is 0.504 e. The fourth-order valence-corrected chi connectivity index (χ4v) is 7.15. The Kier molecular flexibility index (Phi) is 2.29. The third-order valence-corrected chi connectivity index (χ3v) is 8.39.